The Morgan fingerprint density at radius 3 is 2.68 bits per heavy atom. The van der Waals surface area contributed by atoms with E-state index in [2.05, 4.69) is 10.3 Å². The van der Waals surface area contributed by atoms with Gasteiger partial charge in [-0.1, -0.05) is 19.1 Å². The fourth-order valence-corrected chi connectivity index (χ4v) is 3.06. The van der Waals surface area contributed by atoms with Gasteiger partial charge in [0, 0.05) is 24.2 Å². The van der Waals surface area contributed by atoms with Crippen LogP contribution in [0.25, 0.3) is 0 Å². The molecule has 5 nitrogen and oxygen atoms in total. The molecule has 1 atom stereocenters. The number of fused-ring (bicyclic) bond motifs is 1. The Hall–Kier alpha value is -2.76. The van der Waals surface area contributed by atoms with Crippen molar-refractivity contribution in [1.82, 2.24) is 10.3 Å². The number of nitrogens with one attached hydrogen (secondary N) is 2. The number of aromatic nitrogens is 1. The van der Waals surface area contributed by atoms with Gasteiger partial charge in [-0.25, -0.2) is 4.39 Å². The first-order chi connectivity index (χ1) is 11.9. The van der Waals surface area contributed by atoms with Gasteiger partial charge in [0.25, 0.3) is 11.5 Å². The molecular formula is C19H19FN2O3. The van der Waals surface area contributed by atoms with Gasteiger partial charge in [0.15, 0.2) is 5.78 Å². The molecule has 0 saturated heterocycles. The van der Waals surface area contributed by atoms with E-state index in [1.54, 1.807) is 12.1 Å². The van der Waals surface area contributed by atoms with Crippen molar-refractivity contribution in [3.05, 3.63) is 68.9 Å². The number of Topliss-reactive ketones (excluding diaryl/α,β-unsaturated/α-hetero) is 1. The van der Waals surface area contributed by atoms with Gasteiger partial charge in [-0.2, -0.15) is 0 Å². The highest BCUT2D eigenvalue weighted by molar-refractivity contribution is 6.01. The van der Waals surface area contributed by atoms with Gasteiger partial charge >= 0.3 is 0 Å². The van der Waals surface area contributed by atoms with Crippen LogP contribution in [0.1, 0.15) is 45.3 Å². The molecule has 0 aliphatic heterocycles. The Labute approximate surface area is 144 Å². The van der Waals surface area contributed by atoms with E-state index in [4.69, 9.17) is 0 Å². The molecule has 2 aromatic rings. The summed E-state index contributed by atoms with van der Waals surface area (Å²) in [5, 5.41) is 2.67. The topological polar surface area (TPSA) is 79.0 Å². The van der Waals surface area contributed by atoms with E-state index in [0.717, 1.165) is 5.56 Å². The second-order valence-corrected chi connectivity index (χ2v) is 6.47. The zero-order chi connectivity index (χ0) is 18.0. The van der Waals surface area contributed by atoms with Gasteiger partial charge in [0.05, 0.1) is 0 Å². The highest BCUT2D eigenvalue weighted by Gasteiger charge is 2.25. The third-order valence-electron chi connectivity index (χ3n) is 4.37. The fraction of sp³-hybridized carbons (Fsp3) is 0.316. The Kier molecular flexibility index (Phi) is 4.79. The lowest BCUT2D eigenvalue weighted by molar-refractivity contribution is 0.0951. The van der Waals surface area contributed by atoms with Crippen molar-refractivity contribution in [1.29, 1.82) is 0 Å². The Balaban J connectivity index is 1.70. The van der Waals surface area contributed by atoms with Crippen LogP contribution in [0.2, 0.25) is 0 Å². The highest BCUT2D eigenvalue weighted by Crippen LogP contribution is 2.23. The van der Waals surface area contributed by atoms with Gasteiger partial charge in [0.2, 0.25) is 0 Å². The van der Waals surface area contributed by atoms with Crippen LogP contribution in [0.4, 0.5) is 4.39 Å². The van der Waals surface area contributed by atoms with Crippen LogP contribution in [-0.4, -0.2) is 23.2 Å². The number of carbonyl (C=O) groups excluding carboxylic acids is 2. The summed E-state index contributed by atoms with van der Waals surface area (Å²) < 4.78 is 12.9. The van der Waals surface area contributed by atoms with Crippen molar-refractivity contribution in [2.24, 2.45) is 5.92 Å². The number of aromatic amines is 1. The van der Waals surface area contributed by atoms with E-state index < -0.39 is 11.5 Å². The average Bonchev–Trinajstić information content (AvgIpc) is 2.55. The Morgan fingerprint density at radius 1 is 1.24 bits per heavy atom. The third kappa shape index (κ3) is 3.84. The summed E-state index contributed by atoms with van der Waals surface area (Å²) in [5.74, 6) is -0.693. The summed E-state index contributed by atoms with van der Waals surface area (Å²) in [4.78, 5) is 39.2. The smallest absolute Gasteiger partial charge is 0.261 e. The Morgan fingerprint density at radius 2 is 1.96 bits per heavy atom. The molecular weight excluding hydrogens is 323 g/mol. The van der Waals surface area contributed by atoms with E-state index in [-0.39, 0.29) is 23.1 Å². The molecule has 0 radical (unpaired) electrons. The summed E-state index contributed by atoms with van der Waals surface area (Å²) in [6.07, 6.45) is 1.57. The second-order valence-electron chi connectivity index (χ2n) is 6.47. The van der Waals surface area contributed by atoms with E-state index in [0.29, 0.717) is 37.1 Å². The molecule has 1 aromatic heterocycles. The van der Waals surface area contributed by atoms with Crippen LogP contribution in [0.5, 0.6) is 0 Å². The van der Waals surface area contributed by atoms with Crippen molar-refractivity contribution < 1.29 is 14.0 Å². The van der Waals surface area contributed by atoms with Crippen LogP contribution in [-0.2, 0) is 12.8 Å². The quantitative estimate of drug-likeness (QED) is 0.894. The van der Waals surface area contributed by atoms with Gasteiger partial charge in [-0.05, 0) is 42.5 Å². The minimum Gasteiger partial charge on any atom is -0.352 e. The number of benzene rings is 1. The molecule has 1 aromatic carbocycles. The van der Waals surface area contributed by atoms with Crippen molar-refractivity contribution in [3.8, 4) is 0 Å². The highest BCUT2D eigenvalue weighted by atomic mass is 19.1. The van der Waals surface area contributed by atoms with Crippen LogP contribution in [0.15, 0.2) is 35.1 Å². The first-order valence-electron chi connectivity index (χ1n) is 8.26. The minimum absolute atomic E-state index is 0.0506. The number of ketones is 1. The maximum absolute atomic E-state index is 12.9. The number of H-pyrrole nitrogens is 1. The summed E-state index contributed by atoms with van der Waals surface area (Å²) in [5.41, 5.74) is 1.38. The SMILES string of the molecule is CC1CC(=O)c2cc(C(=O)NCCc3ccc(F)cc3)c(=O)[nH]c2C1. The number of carbonyl (C=O) groups is 2. The van der Waals surface area contributed by atoms with E-state index in [1.807, 2.05) is 6.92 Å². The normalized spacial score (nSPS) is 16.4. The number of rotatable bonds is 4. The molecule has 1 heterocycles. The monoisotopic (exact) mass is 342 g/mol. The van der Waals surface area contributed by atoms with Crippen molar-refractivity contribution >= 4 is 11.7 Å². The predicted molar refractivity (Wildman–Crippen MR) is 91.3 cm³/mol. The molecule has 0 fully saturated rings. The molecule has 0 spiro atoms. The lowest BCUT2D eigenvalue weighted by Crippen LogP contribution is -2.33. The van der Waals surface area contributed by atoms with Gasteiger partial charge in [-0.15, -0.1) is 0 Å². The van der Waals surface area contributed by atoms with E-state index in [1.165, 1.54) is 18.2 Å². The lowest BCUT2D eigenvalue weighted by Gasteiger charge is -2.20. The standard InChI is InChI=1S/C19H19FN2O3/c1-11-8-16-14(17(23)9-11)10-15(19(25)22-16)18(24)21-7-6-12-2-4-13(20)5-3-12/h2-5,10-11H,6-9H2,1H3,(H,21,24)(H,22,25). The van der Waals surface area contributed by atoms with Crippen LogP contribution >= 0.6 is 0 Å². The molecule has 1 aliphatic carbocycles. The number of hydrogen-bond acceptors (Lipinski definition) is 3. The average molecular weight is 342 g/mol. The van der Waals surface area contributed by atoms with Gasteiger partial charge < -0.3 is 10.3 Å². The summed E-state index contributed by atoms with van der Waals surface area (Å²) in [6.45, 7) is 2.27. The molecule has 3 rings (SSSR count). The molecule has 130 valence electrons. The van der Waals surface area contributed by atoms with Crippen LogP contribution < -0.4 is 10.9 Å². The molecule has 25 heavy (non-hydrogen) atoms. The maximum atomic E-state index is 12.9. The summed E-state index contributed by atoms with van der Waals surface area (Å²) in [7, 11) is 0. The molecule has 0 bridgehead atoms. The fourth-order valence-electron chi connectivity index (χ4n) is 3.06. The first-order valence-corrected chi connectivity index (χ1v) is 8.26. The molecule has 1 aliphatic rings. The predicted octanol–water partition coefficient (Wildman–Crippen LogP) is 2.25. The number of halogens is 1. The number of hydrogen-bond donors (Lipinski definition) is 2. The van der Waals surface area contributed by atoms with Crippen molar-refractivity contribution in [2.75, 3.05) is 6.54 Å². The van der Waals surface area contributed by atoms with E-state index >= 15 is 0 Å². The number of amides is 1. The third-order valence-corrected chi connectivity index (χ3v) is 4.37. The maximum Gasteiger partial charge on any atom is 0.261 e. The molecule has 0 saturated carbocycles. The van der Waals surface area contributed by atoms with Crippen LogP contribution in [0, 0.1) is 11.7 Å². The Bertz CT molecular complexity index is 871. The molecule has 1 amide bonds. The number of pyridine rings is 1. The molecule has 1 unspecified atom stereocenters. The minimum atomic E-state index is -0.516. The van der Waals surface area contributed by atoms with Crippen molar-refractivity contribution in [3.63, 3.8) is 0 Å². The zero-order valence-electron chi connectivity index (χ0n) is 13.9. The summed E-state index contributed by atoms with van der Waals surface area (Å²) in [6, 6.07) is 7.41. The van der Waals surface area contributed by atoms with Gasteiger partial charge in [0.1, 0.15) is 11.4 Å². The van der Waals surface area contributed by atoms with Crippen molar-refractivity contribution in [2.45, 2.75) is 26.2 Å². The van der Waals surface area contributed by atoms with Crippen LogP contribution in [0.3, 0.4) is 0 Å². The molecule has 6 heteroatoms. The van der Waals surface area contributed by atoms with Gasteiger partial charge in [-0.3, -0.25) is 14.4 Å². The van der Waals surface area contributed by atoms with E-state index in [9.17, 15) is 18.8 Å². The summed E-state index contributed by atoms with van der Waals surface area (Å²) >= 11 is 0. The second kappa shape index (κ2) is 7.01. The largest absolute Gasteiger partial charge is 0.352 e. The lowest BCUT2D eigenvalue weighted by atomic mass is 9.86. The molecule has 2 N–H and O–H groups in total. The first kappa shape index (κ1) is 17.1. The zero-order valence-corrected chi connectivity index (χ0v) is 13.9.